The van der Waals surface area contributed by atoms with Gasteiger partial charge in [0.15, 0.2) is 0 Å². The molecule has 1 saturated carbocycles. The molecule has 0 aliphatic heterocycles. The van der Waals surface area contributed by atoms with Crippen molar-refractivity contribution in [1.82, 2.24) is 0 Å². The molecule has 0 amide bonds. The van der Waals surface area contributed by atoms with Crippen molar-refractivity contribution in [3.63, 3.8) is 0 Å². The smallest absolute Gasteiger partial charge is 0.0833 e. The van der Waals surface area contributed by atoms with Crippen LogP contribution in [0, 0.1) is 11.3 Å². The average molecular weight is 285 g/mol. The molecule has 0 spiro atoms. The van der Waals surface area contributed by atoms with Gasteiger partial charge in [0.1, 0.15) is 0 Å². The third kappa shape index (κ3) is 1.91. The van der Waals surface area contributed by atoms with E-state index in [2.05, 4.69) is 22.0 Å². The number of halogens is 2. The predicted molar refractivity (Wildman–Crippen MR) is 64.9 cm³/mol. The van der Waals surface area contributed by atoms with E-state index in [0.29, 0.717) is 5.02 Å². The standard InChI is InChI=1S/C12H11BrClN/c13-11-4-3-9(14)7-10(11)12(8-15)5-1-2-6-12/h3-4,7H,1-2,5-6H2. The second kappa shape index (κ2) is 4.15. The number of nitriles is 1. The molecule has 3 heteroatoms. The van der Waals surface area contributed by atoms with Crippen LogP contribution in [0.15, 0.2) is 22.7 Å². The van der Waals surface area contributed by atoms with Crippen LogP contribution in [-0.2, 0) is 5.41 Å². The molecule has 15 heavy (non-hydrogen) atoms. The van der Waals surface area contributed by atoms with Crippen LogP contribution in [0.2, 0.25) is 5.02 Å². The first-order valence-corrected chi connectivity index (χ1v) is 6.22. The molecule has 0 saturated heterocycles. The Morgan fingerprint density at radius 1 is 1.33 bits per heavy atom. The van der Waals surface area contributed by atoms with Gasteiger partial charge >= 0.3 is 0 Å². The molecule has 78 valence electrons. The van der Waals surface area contributed by atoms with Gasteiger partial charge in [0, 0.05) is 9.50 Å². The van der Waals surface area contributed by atoms with Crippen LogP contribution in [0.5, 0.6) is 0 Å². The Bertz CT molecular complexity index is 416. The van der Waals surface area contributed by atoms with Crippen LogP contribution in [0.3, 0.4) is 0 Å². The van der Waals surface area contributed by atoms with Gasteiger partial charge in [-0.25, -0.2) is 0 Å². The first kappa shape index (κ1) is 11.0. The van der Waals surface area contributed by atoms with Gasteiger partial charge in [-0.3, -0.25) is 0 Å². The van der Waals surface area contributed by atoms with Gasteiger partial charge in [0.2, 0.25) is 0 Å². The van der Waals surface area contributed by atoms with Crippen molar-refractivity contribution >= 4 is 27.5 Å². The number of hydrogen-bond donors (Lipinski definition) is 0. The molecule has 1 aliphatic carbocycles. The average Bonchev–Trinajstić information content (AvgIpc) is 2.71. The zero-order valence-corrected chi connectivity index (χ0v) is 10.6. The van der Waals surface area contributed by atoms with E-state index in [1.54, 1.807) is 0 Å². The highest BCUT2D eigenvalue weighted by molar-refractivity contribution is 9.10. The molecule has 0 radical (unpaired) electrons. The number of hydrogen-bond acceptors (Lipinski definition) is 1. The molecule has 2 rings (SSSR count). The van der Waals surface area contributed by atoms with Crippen LogP contribution in [0.1, 0.15) is 31.2 Å². The summed E-state index contributed by atoms with van der Waals surface area (Å²) in [7, 11) is 0. The Balaban J connectivity index is 2.52. The summed E-state index contributed by atoms with van der Waals surface area (Å²) in [6, 6.07) is 8.16. The first-order valence-electron chi connectivity index (χ1n) is 5.05. The van der Waals surface area contributed by atoms with E-state index in [1.165, 1.54) is 0 Å². The molecule has 1 aromatic carbocycles. The van der Waals surface area contributed by atoms with Crippen molar-refractivity contribution in [1.29, 1.82) is 5.26 Å². The molecular weight excluding hydrogens is 273 g/mol. The molecule has 1 nitrogen and oxygen atoms in total. The Hall–Kier alpha value is -0.520. The third-order valence-electron chi connectivity index (χ3n) is 3.12. The van der Waals surface area contributed by atoms with Crippen molar-refractivity contribution in [3.8, 4) is 6.07 Å². The van der Waals surface area contributed by atoms with Crippen LogP contribution in [0.25, 0.3) is 0 Å². The second-order valence-corrected chi connectivity index (χ2v) is 5.32. The lowest BCUT2D eigenvalue weighted by Crippen LogP contribution is -2.19. The van der Waals surface area contributed by atoms with Crippen molar-refractivity contribution in [3.05, 3.63) is 33.3 Å². The van der Waals surface area contributed by atoms with Gasteiger partial charge in [0.05, 0.1) is 11.5 Å². The molecule has 0 heterocycles. The van der Waals surface area contributed by atoms with Gasteiger partial charge in [-0.2, -0.15) is 5.26 Å². The zero-order valence-electron chi connectivity index (χ0n) is 8.26. The predicted octanol–water partition coefficient (Wildman–Crippen LogP) is 4.44. The minimum atomic E-state index is -0.316. The summed E-state index contributed by atoms with van der Waals surface area (Å²) in [5, 5.41) is 10.1. The lowest BCUT2D eigenvalue weighted by molar-refractivity contribution is 0.570. The summed E-state index contributed by atoms with van der Waals surface area (Å²) < 4.78 is 0.996. The van der Waals surface area contributed by atoms with Crippen molar-refractivity contribution in [2.45, 2.75) is 31.1 Å². The summed E-state index contributed by atoms with van der Waals surface area (Å²) in [5.74, 6) is 0. The van der Waals surface area contributed by atoms with Gasteiger partial charge in [-0.05, 0) is 36.6 Å². The fraction of sp³-hybridized carbons (Fsp3) is 0.417. The highest BCUT2D eigenvalue weighted by Crippen LogP contribution is 2.44. The van der Waals surface area contributed by atoms with Crippen molar-refractivity contribution < 1.29 is 0 Å². The van der Waals surface area contributed by atoms with Gasteiger partial charge < -0.3 is 0 Å². The number of rotatable bonds is 1. The van der Waals surface area contributed by atoms with E-state index in [-0.39, 0.29) is 5.41 Å². The summed E-state index contributed by atoms with van der Waals surface area (Å²) in [6.45, 7) is 0. The molecule has 0 aromatic heterocycles. The van der Waals surface area contributed by atoms with Gasteiger partial charge in [-0.1, -0.05) is 40.4 Å². The molecule has 0 unspecified atom stereocenters. The lowest BCUT2D eigenvalue weighted by atomic mass is 9.80. The maximum atomic E-state index is 9.37. The lowest BCUT2D eigenvalue weighted by Gasteiger charge is -2.22. The van der Waals surface area contributed by atoms with E-state index in [1.807, 2.05) is 18.2 Å². The molecular formula is C12H11BrClN. The van der Waals surface area contributed by atoms with Crippen molar-refractivity contribution in [2.75, 3.05) is 0 Å². The first-order chi connectivity index (χ1) is 7.18. The molecule has 1 fully saturated rings. The Morgan fingerprint density at radius 3 is 2.60 bits per heavy atom. The Morgan fingerprint density at radius 2 is 2.00 bits per heavy atom. The molecule has 1 aliphatic rings. The highest BCUT2D eigenvalue weighted by atomic mass is 79.9. The van der Waals surface area contributed by atoms with Crippen LogP contribution >= 0.6 is 27.5 Å². The quantitative estimate of drug-likeness (QED) is 0.748. The Labute approximate surface area is 103 Å². The van der Waals surface area contributed by atoms with Crippen molar-refractivity contribution in [2.24, 2.45) is 0 Å². The summed E-state index contributed by atoms with van der Waals surface area (Å²) in [4.78, 5) is 0. The number of benzene rings is 1. The Kier molecular flexibility index (Phi) is 3.04. The fourth-order valence-electron chi connectivity index (χ4n) is 2.28. The summed E-state index contributed by atoms with van der Waals surface area (Å²) in [6.07, 6.45) is 4.16. The van der Waals surface area contributed by atoms with Gasteiger partial charge in [-0.15, -0.1) is 0 Å². The van der Waals surface area contributed by atoms with Crippen LogP contribution < -0.4 is 0 Å². The minimum absolute atomic E-state index is 0.316. The molecule has 1 aromatic rings. The topological polar surface area (TPSA) is 23.8 Å². The molecule has 0 bridgehead atoms. The maximum absolute atomic E-state index is 9.37. The molecule has 0 atom stereocenters. The monoisotopic (exact) mass is 283 g/mol. The van der Waals surface area contributed by atoms with Gasteiger partial charge in [0.25, 0.3) is 0 Å². The van der Waals surface area contributed by atoms with Crippen LogP contribution in [-0.4, -0.2) is 0 Å². The van der Waals surface area contributed by atoms with E-state index in [4.69, 9.17) is 11.6 Å². The maximum Gasteiger partial charge on any atom is 0.0833 e. The highest BCUT2D eigenvalue weighted by Gasteiger charge is 2.37. The minimum Gasteiger partial charge on any atom is -0.197 e. The zero-order chi connectivity index (χ0) is 10.9. The molecule has 0 N–H and O–H groups in total. The van der Waals surface area contributed by atoms with E-state index < -0.39 is 0 Å². The summed E-state index contributed by atoms with van der Waals surface area (Å²) in [5.41, 5.74) is 0.735. The normalized spacial score (nSPS) is 18.7. The summed E-state index contributed by atoms with van der Waals surface area (Å²) >= 11 is 9.49. The van der Waals surface area contributed by atoms with E-state index in [9.17, 15) is 5.26 Å². The number of nitrogens with zero attached hydrogens (tertiary/aromatic N) is 1. The SMILES string of the molecule is N#CC1(c2cc(Cl)ccc2Br)CCCC1. The second-order valence-electron chi connectivity index (χ2n) is 4.03. The largest absolute Gasteiger partial charge is 0.197 e. The van der Waals surface area contributed by atoms with E-state index in [0.717, 1.165) is 35.7 Å². The van der Waals surface area contributed by atoms with Crippen LogP contribution in [0.4, 0.5) is 0 Å². The third-order valence-corrected chi connectivity index (χ3v) is 4.04. The van der Waals surface area contributed by atoms with E-state index >= 15 is 0 Å². The fourth-order valence-corrected chi connectivity index (χ4v) is 3.08.